The predicted molar refractivity (Wildman–Crippen MR) is 69.5 cm³/mol. The van der Waals surface area contributed by atoms with Crippen LogP contribution >= 0.6 is 0 Å². The minimum absolute atomic E-state index is 0.211. The molecule has 0 aliphatic heterocycles. The zero-order valence-corrected chi connectivity index (χ0v) is 11.2. The predicted octanol–water partition coefficient (Wildman–Crippen LogP) is 3.48. The van der Waals surface area contributed by atoms with E-state index >= 15 is 0 Å². The third-order valence-electron chi connectivity index (χ3n) is 2.86. The van der Waals surface area contributed by atoms with Gasteiger partial charge < -0.3 is 5.32 Å². The summed E-state index contributed by atoms with van der Waals surface area (Å²) in [4.78, 5) is 4.25. The third kappa shape index (κ3) is 3.31. The second-order valence-electron chi connectivity index (χ2n) is 5.49. The summed E-state index contributed by atoms with van der Waals surface area (Å²) in [5.74, 6) is 0. The van der Waals surface area contributed by atoms with Gasteiger partial charge in [0.15, 0.2) is 0 Å². The molecule has 1 aromatic rings. The number of nitrogens with one attached hydrogen (secondary N) is 1. The average Bonchev–Trinajstić information content (AvgIpc) is 2.19. The van der Waals surface area contributed by atoms with Crippen molar-refractivity contribution in [3.8, 4) is 0 Å². The van der Waals surface area contributed by atoms with Crippen molar-refractivity contribution in [3.63, 3.8) is 0 Å². The summed E-state index contributed by atoms with van der Waals surface area (Å²) in [5.41, 5.74) is 2.85. The number of aromatic nitrogens is 1. The highest BCUT2D eigenvalue weighted by Crippen LogP contribution is 2.33. The molecule has 1 atom stereocenters. The Hall–Kier alpha value is -0.890. The number of hydrogen-bond donors (Lipinski definition) is 1. The summed E-state index contributed by atoms with van der Waals surface area (Å²) in [7, 11) is 0. The van der Waals surface area contributed by atoms with Gasteiger partial charge in [-0.25, -0.2) is 0 Å². The zero-order valence-electron chi connectivity index (χ0n) is 11.2. The Morgan fingerprint density at radius 2 is 2.06 bits per heavy atom. The first-order valence-corrected chi connectivity index (χ1v) is 6.10. The molecule has 0 aliphatic carbocycles. The van der Waals surface area contributed by atoms with E-state index in [4.69, 9.17) is 0 Å². The van der Waals surface area contributed by atoms with E-state index in [0.29, 0.717) is 6.04 Å². The van der Waals surface area contributed by atoms with Crippen molar-refractivity contribution in [2.45, 2.75) is 47.1 Å². The lowest BCUT2D eigenvalue weighted by Crippen LogP contribution is -2.33. The number of rotatable bonds is 4. The van der Waals surface area contributed by atoms with Crippen LogP contribution in [0.25, 0.3) is 0 Å². The molecule has 2 heteroatoms. The van der Waals surface area contributed by atoms with E-state index in [1.54, 1.807) is 0 Å². The van der Waals surface area contributed by atoms with Gasteiger partial charge in [0.2, 0.25) is 0 Å². The number of aryl methyl sites for hydroxylation is 1. The monoisotopic (exact) mass is 220 g/mol. The van der Waals surface area contributed by atoms with Crippen molar-refractivity contribution in [3.05, 3.63) is 29.6 Å². The van der Waals surface area contributed by atoms with Crippen LogP contribution in [0.5, 0.6) is 0 Å². The molecule has 0 saturated carbocycles. The maximum atomic E-state index is 4.25. The second kappa shape index (κ2) is 5.44. The molecule has 90 valence electrons. The summed E-state index contributed by atoms with van der Waals surface area (Å²) >= 11 is 0. The quantitative estimate of drug-likeness (QED) is 0.840. The Bertz CT molecular complexity index is 326. The van der Waals surface area contributed by atoms with E-state index < -0.39 is 0 Å². The Balaban J connectivity index is 2.97. The number of nitrogens with zero attached hydrogens (tertiary/aromatic N) is 1. The Morgan fingerprint density at radius 1 is 1.38 bits per heavy atom. The maximum Gasteiger partial charge on any atom is 0.0387 e. The smallest absolute Gasteiger partial charge is 0.0387 e. The van der Waals surface area contributed by atoms with Crippen molar-refractivity contribution in [2.75, 3.05) is 6.54 Å². The van der Waals surface area contributed by atoms with Crippen molar-refractivity contribution < 1.29 is 0 Å². The fourth-order valence-electron chi connectivity index (χ4n) is 1.95. The van der Waals surface area contributed by atoms with Crippen molar-refractivity contribution in [2.24, 2.45) is 5.41 Å². The van der Waals surface area contributed by atoms with Crippen LogP contribution in [0.15, 0.2) is 18.5 Å². The van der Waals surface area contributed by atoms with E-state index in [2.05, 4.69) is 51.0 Å². The molecule has 1 rings (SSSR count). The molecule has 0 aliphatic rings. The molecular formula is C14H24N2. The fraction of sp³-hybridized carbons (Fsp3) is 0.643. The van der Waals surface area contributed by atoms with Gasteiger partial charge in [-0.1, -0.05) is 27.7 Å². The highest BCUT2D eigenvalue weighted by molar-refractivity contribution is 5.26. The molecule has 2 nitrogen and oxygen atoms in total. The van der Waals surface area contributed by atoms with Crippen LogP contribution in [0, 0.1) is 12.3 Å². The Kier molecular flexibility index (Phi) is 4.48. The third-order valence-corrected chi connectivity index (χ3v) is 2.86. The Labute approximate surface area is 99.5 Å². The summed E-state index contributed by atoms with van der Waals surface area (Å²) in [6.45, 7) is 12.2. The fourth-order valence-corrected chi connectivity index (χ4v) is 1.95. The number of hydrogen-bond acceptors (Lipinski definition) is 2. The lowest BCUT2D eigenvalue weighted by atomic mass is 9.81. The van der Waals surface area contributed by atoms with Crippen molar-refractivity contribution >= 4 is 0 Å². The minimum Gasteiger partial charge on any atom is -0.309 e. The summed E-state index contributed by atoms with van der Waals surface area (Å²) in [6, 6.07) is 2.46. The average molecular weight is 220 g/mol. The van der Waals surface area contributed by atoms with Crippen molar-refractivity contribution in [1.82, 2.24) is 10.3 Å². The van der Waals surface area contributed by atoms with Crippen LogP contribution in [-0.4, -0.2) is 11.5 Å². The van der Waals surface area contributed by atoms with Gasteiger partial charge in [0.1, 0.15) is 0 Å². The standard InChI is InChI=1S/C14H24N2/c1-6-8-16-13(14(3,4)5)12-10-15-9-7-11(12)2/h7,9-10,13,16H,6,8H2,1-5H3. The first-order chi connectivity index (χ1) is 7.46. The van der Waals surface area contributed by atoms with E-state index in [9.17, 15) is 0 Å². The van der Waals surface area contributed by atoms with Gasteiger partial charge in [-0.2, -0.15) is 0 Å². The SMILES string of the molecule is CCCNC(c1cnccc1C)C(C)(C)C. The second-order valence-corrected chi connectivity index (χ2v) is 5.49. The number of pyridine rings is 1. The summed E-state index contributed by atoms with van der Waals surface area (Å²) in [5, 5.41) is 3.63. The van der Waals surface area contributed by atoms with Gasteiger partial charge in [0.25, 0.3) is 0 Å². The molecule has 1 unspecified atom stereocenters. The largest absolute Gasteiger partial charge is 0.309 e. The van der Waals surface area contributed by atoms with E-state index in [1.165, 1.54) is 11.1 Å². The molecule has 16 heavy (non-hydrogen) atoms. The highest BCUT2D eigenvalue weighted by atomic mass is 14.9. The Morgan fingerprint density at radius 3 is 2.56 bits per heavy atom. The summed E-state index contributed by atoms with van der Waals surface area (Å²) < 4.78 is 0. The molecule has 0 spiro atoms. The first-order valence-electron chi connectivity index (χ1n) is 6.10. The van der Waals surface area contributed by atoms with Crippen LogP contribution in [0.1, 0.15) is 51.3 Å². The molecule has 0 fully saturated rings. The van der Waals surface area contributed by atoms with Gasteiger partial charge in [-0.05, 0) is 42.5 Å². The highest BCUT2D eigenvalue weighted by Gasteiger charge is 2.26. The van der Waals surface area contributed by atoms with Gasteiger partial charge in [0.05, 0.1) is 0 Å². The van der Waals surface area contributed by atoms with E-state index in [-0.39, 0.29) is 5.41 Å². The zero-order chi connectivity index (χ0) is 12.2. The normalized spacial score (nSPS) is 13.8. The molecule has 0 aromatic carbocycles. The molecule has 0 saturated heterocycles. The van der Waals surface area contributed by atoms with Crippen molar-refractivity contribution in [1.29, 1.82) is 0 Å². The molecule has 1 heterocycles. The molecule has 0 bridgehead atoms. The summed E-state index contributed by atoms with van der Waals surface area (Å²) in [6.07, 6.45) is 5.01. The molecule has 1 N–H and O–H groups in total. The van der Waals surface area contributed by atoms with Crippen LogP contribution < -0.4 is 5.32 Å². The lowest BCUT2D eigenvalue weighted by molar-refractivity contribution is 0.272. The first kappa shape index (κ1) is 13.2. The minimum atomic E-state index is 0.211. The van der Waals surface area contributed by atoms with Gasteiger partial charge in [-0.15, -0.1) is 0 Å². The molecule has 0 amide bonds. The van der Waals surface area contributed by atoms with E-state index in [0.717, 1.165) is 13.0 Å². The van der Waals surface area contributed by atoms with Crippen LogP contribution in [0.2, 0.25) is 0 Å². The van der Waals surface area contributed by atoms with Gasteiger partial charge >= 0.3 is 0 Å². The van der Waals surface area contributed by atoms with Crippen LogP contribution in [0.3, 0.4) is 0 Å². The van der Waals surface area contributed by atoms with Crippen LogP contribution in [0.4, 0.5) is 0 Å². The topological polar surface area (TPSA) is 24.9 Å². The molecule has 0 radical (unpaired) electrons. The molecular weight excluding hydrogens is 196 g/mol. The van der Waals surface area contributed by atoms with E-state index in [1.807, 2.05) is 12.4 Å². The van der Waals surface area contributed by atoms with Crippen LogP contribution in [-0.2, 0) is 0 Å². The maximum absolute atomic E-state index is 4.25. The van der Waals surface area contributed by atoms with Gasteiger partial charge in [-0.3, -0.25) is 4.98 Å². The molecule has 1 aromatic heterocycles. The lowest BCUT2D eigenvalue weighted by Gasteiger charge is -2.32. The van der Waals surface area contributed by atoms with Gasteiger partial charge in [0, 0.05) is 18.4 Å².